The topological polar surface area (TPSA) is 27.7 Å². The third kappa shape index (κ3) is 10.6. The van der Waals surface area contributed by atoms with Crippen molar-refractivity contribution in [3.05, 3.63) is 11.3 Å². The first-order valence-corrected chi connectivity index (χ1v) is 12.0. The summed E-state index contributed by atoms with van der Waals surface area (Å²) < 4.78 is 17.8. The van der Waals surface area contributed by atoms with Gasteiger partial charge in [0.2, 0.25) is 0 Å². The minimum atomic E-state index is -2.63. The summed E-state index contributed by atoms with van der Waals surface area (Å²) in [6, 6.07) is 0. The van der Waals surface area contributed by atoms with Crippen molar-refractivity contribution in [2.45, 2.75) is 98.8 Å². The van der Waals surface area contributed by atoms with Crippen LogP contribution >= 0.6 is 0 Å². The molecular weight excluding hydrogens is 316 g/mol. The first kappa shape index (κ1) is 23.8. The quantitative estimate of drug-likeness (QED) is 0.221. The molecule has 0 spiro atoms. The number of hydrogen-bond acceptors (Lipinski definition) is 3. The second kappa shape index (κ2) is 16.3. The molecule has 0 heterocycles. The van der Waals surface area contributed by atoms with E-state index in [2.05, 4.69) is 19.9 Å². The normalized spacial score (nSPS) is 12.8. The molecular formula is C20H42O3Si. The summed E-state index contributed by atoms with van der Waals surface area (Å²) in [6.45, 7) is 12.3. The molecule has 4 heteroatoms. The Bertz CT molecular complexity index is 288. The van der Waals surface area contributed by atoms with Gasteiger partial charge in [-0.1, -0.05) is 64.4 Å². The van der Waals surface area contributed by atoms with Crippen LogP contribution < -0.4 is 0 Å². The van der Waals surface area contributed by atoms with Crippen molar-refractivity contribution < 1.29 is 13.3 Å². The maximum atomic E-state index is 5.94. The van der Waals surface area contributed by atoms with Crippen LogP contribution in [0.5, 0.6) is 0 Å². The van der Waals surface area contributed by atoms with E-state index in [4.69, 9.17) is 13.3 Å². The van der Waals surface area contributed by atoms with Gasteiger partial charge in [-0.3, -0.25) is 0 Å². The number of rotatable bonds is 17. The van der Waals surface area contributed by atoms with E-state index in [0.29, 0.717) is 19.8 Å². The molecule has 0 saturated heterocycles. The molecule has 24 heavy (non-hydrogen) atoms. The van der Waals surface area contributed by atoms with Crippen molar-refractivity contribution in [1.82, 2.24) is 0 Å². The molecule has 0 aliphatic carbocycles. The summed E-state index contributed by atoms with van der Waals surface area (Å²) in [5.74, 6) is 0. The highest BCUT2D eigenvalue weighted by atomic mass is 28.4. The molecule has 0 unspecified atom stereocenters. The van der Waals surface area contributed by atoms with Crippen LogP contribution in [0, 0.1) is 0 Å². The van der Waals surface area contributed by atoms with Crippen LogP contribution in [0.2, 0.25) is 0 Å². The van der Waals surface area contributed by atoms with Crippen LogP contribution in [0.15, 0.2) is 11.3 Å². The molecule has 0 N–H and O–H groups in total. The fourth-order valence-corrected chi connectivity index (χ4v) is 5.40. The maximum absolute atomic E-state index is 5.94. The Morgan fingerprint density at radius 1 is 0.667 bits per heavy atom. The van der Waals surface area contributed by atoms with Crippen LogP contribution in [-0.4, -0.2) is 28.6 Å². The first-order valence-electron chi connectivity index (χ1n) is 10.3. The zero-order valence-electron chi connectivity index (χ0n) is 17.0. The SMILES string of the molecule is CCCCCCCCCCC/C=C(/C)[Si](OCC)(OCC)OCC. The van der Waals surface area contributed by atoms with Gasteiger partial charge in [0, 0.05) is 19.8 Å². The van der Waals surface area contributed by atoms with Gasteiger partial charge in [0.05, 0.1) is 0 Å². The number of hydrogen-bond donors (Lipinski definition) is 0. The minimum Gasteiger partial charge on any atom is -0.371 e. The van der Waals surface area contributed by atoms with Crippen molar-refractivity contribution in [2.24, 2.45) is 0 Å². The molecule has 0 saturated carbocycles. The standard InChI is InChI=1S/C20H42O3Si/c1-6-10-11-12-13-14-15-16-17-18-19-20(5)24(21-7-2,22-8-3)23-9-4/h19H,6-18H2,1-5H3/b20-19-. The maximum Gasteiger partial charge on any atom is 0.532 e. The fraction of sp³-hybridized carbons (Fsp3) is 0.900. The minimum absolute atomic E-state index is 0.634. The second-order valence-electron chi connectivity index (χ2n) is 6.36. The second-order valence-corrected chi connectivity index (χ2v) is 9.13. The number of allylic oxidation sites excluding steroid dienone is 2. The molecule has 0 aromatic carbocycles. The molecule has 0 aromatic rings. The number of unbranched alkanes of at least 4 members (excludes halogenated alkanes) is 9. The monoisotopic (exact) mass is 358 g/mol. The van der Waals surface area contributed by atoms with Gasteiger partial charge in [-0.2, -0.15) is 0 Å². The predicted molar refractivity (Wildman–Crippen MR) is 106 cm³/mol. The summed E-state index contributed by atoms with van der Waals surface area (Å²) in [4.78, 5) is 0. The van der Waals surface area contributed by atoms with E-state index in [1.165, 1.54) is 63.0 Å². The van der Waals surface area contributed by atoms with Gasteiger partial charge in [0.1, 0.15) is 0 Å². The van der Waals surface area contributed by atoms with E-state index >= 15 is 0 Å². The Kier molecular flexibility index (Phi) is 16.2. The van der Waals surface area contributed by atoms with Gasteiger partial charge in [0.15, 0.2) is 0 Å². The largest absolute Gasteiger partial charge is 0.532 e. The van der Waals surface area contributed by atoms with Crippen LogP contribution in [0.3, 0.4) is 0 Å². The Morgan fingerprint density at radius 3 is 1.50 bits per heavy atom. The zero-order valence-corrected chi connectivity index (χ0v) is 18.0. The van der Waals surface area contributed by atoms with Crippen LogP contribution in [-0.2, 0) is 13.3 Å². The molecule has 0 rings (SSSR count). The third-order valence-corrected chi connectivity index (χ3v) is 7.42. The lowest BCUT2D eigenvalue weighted by atomic mass is 10.1. The van der Waals surface area contributed by atoms with E-state index in [-0.39, 0.29) is 0 Å². The average Bonchev–Trinajstić information content (AvgIpc) is 2.57. The highest BCUT2D eigenvalue weighted by Crippen LogP contribution is 2.21. The van der Waals surface area contributed by atoms with Gasteiger partial charge < -0.3 is 13.3 Å². The zero-order chi connectivity index (χ0) is 18.1. The summed E-state index contributed by atoms with van der Waals surface area (Å²) >= 11 is 0. The van der Waals surface area contributed by atoms with Gasteiger partial charge in [-0.15, -0.1) is 0 Å². The Balaban J connectivity index is 4.07. The molecule has 0 bridgehead atoms. The summed E-state index contributed by atoms with van der Waals surface area (Å²) in [7, 11) is -2.63. The van der Waals surface area contributed by atoms with E-state index in [0.717, 1.165) is 6.42 Å². The van der Waals surface area contributed by atoms with Gasteiger partial charge in [-0.05, 0) is 45.7 Å². The molecule has 0 aromatic heterocycles. The molecule has 3 nitrogen and oxygen atoms in total. The van der Waals surface area contributed by atoms with Crippen molar-refractivity contribution >= 4 is 8.80 Å². The van der Waals surface area contributed by atoms with Crippen molar-refractivity contribution in [3.63, 3.8) is 0 Å². The summed E-state index contributed by atoms with van der Waals surface area (Å²) in [6.07, 6.45) is 15.7. The van der Waals surface area contributed by atoms with Crippen molar-refractivity contribution in [1.29, 1.82) is 0 Å². The Morgan fingerprint density at radius 2 is 1.08 bits per heavy atom. The van der Waals surface area contributed by atoms with Crippen LogP contribution in [0.4, 0.5) is 0 Å². The lowest BCUT2D eigenvalue weighted by Crippen LogP contribution is -2.47. The van der Waals surface area contributed by atoms with Gasteiger partial charge in [0.25, 0.3) is 0 Å². The molecule has 0 fully saturated rings. The molecule has 0 aliphatic rings. The van der Waals surface area contributed by atoms with E-state index in [1.807, 2.05) is 20.8 Å². The van der Waals surface area contributed by atoms with E-state index in [1.54, 1.807) is 0 Å². The van der Waals surface area contributed by atoms with Crippen molar-refractivity contribution in [2.75, 3.05) is 19.8 Å². The summed E-state index contributed by atoms with van der Waals surface area (Å²) in [5, 5.41) is 1.17. The first-order chi connectivity index (χ1) is 11.7. The smallest absolute Gasteiger partial charge is 0.371 e. The summed E-state index contributed by atoms with van der Waals surface area (Å²) in [5.41, 5.74) is 0. The predicted octanol–water partition coefficient (Wildman–Crippen LogP) is 6.44. The molecule has 0 atom stereocenters. The lowest BCUT2D eigenvalue weighted by molar-refractivity contribution is 0.0807. The Labute approximate surface area is 152 Å². The van der Waals surface area contributed by atoms with Gasteiger partial charge >= 0.3 is 8.80 Å². The van der Waals surface area contributed by atoms with Crippen molar-refractivity contribution in [3.8, 4) is 0 Å². The van der Waals surface area contributed by atoms with Gasteiger partial charge in [-0.25, -0.2) is 0 Å². The highest BCUT2D eigenvalue weighted by molar-refractivity contribution is 6.68. The Hall–Kier alpha value is -0.163. The highest BCUT2D eigenvalue weighted by Gasteiger charge is 2.42. The fourth-order valence-electron chi connectivity index (χ4n) is 2.94. The van der Waals surface area contributed by atoms with Crippen LogP contribution in [0.1, 0.15) is 98.8 Å². The van der Waals surface area contributed by atoms with E-state index in [9.17, 15) is 0 Å². The molecule has 0 radical (unpaired) electrons. The average molecular weight is 359 g/mol. The molecule has 0 amide bonds. The van der Waals surface area contributed by atoms with Crippen LogP contribution in [0.25, 0.3) is 0 Å². The van der Waals surface area contributed by atoms with E-state index < -0.39 is 8.80 Å². The molecule has 0 aliphatic heterocycles. The lowest BCUT2D eigenvalue weighted by Gasteiger charge is -2.29. The molecule has 144 valence electrons. The third-order valence-electron chi connectivity index (χ3n) is 4.24.